The highest BCUT2D eigenvalue weighted by atomic mass is 79.9. The molecule has 0 fully saturated rings. The molecule has 26 heavy (non-hydrogen) atoms. The number of aromatic hydroxyl groups is 1. The molecule has 2 aromatic rings. The quantitative estimate of drug-likeness (QED) is 0.380. The lowest BCUT2D eigenvalue weighted by atomic mass is 10.1. The maximum Gasteiger partial charge on any atom is 0.252 e. The van der Waals surface area contributed by atoms with Crippen LogP contribution in [0, 0.1) is 5.92 Å². The Hall–Kier alpha value is -2.87. The smallest absolute Gasteiger partial charge is 0.252 e. The average molecular weight is 420 g/mol. The molecule has 7 nitrogen and oxygen atoms in total. The first-order chi connectivity index (χ1) is 12.4. The second-order valence-electron chi connectivity index (χ2n) is 5.38. The van der Waals surface area contributed by atoms with Gasteiger partial charge in [-0.25, -0.2) is 5.43 Å². The topological polar surface area (TPSA) is 100 Å². The van der Waals surface area contributed by atoms with Crippen LogP contribution in [0.15, 0.2) is 52.0 Å². The second kappa shape index (κ2) is 9.00. The number of nitrogens with one attached hydrogen (secondary N) is 2. The van der Waals surface area contributed by atoms with E-state index in [1.165, 1.54) is 19.2 Å². The molecule has 0 aliphatic rings. The first kappa shape index (κ1) is 19.5. The number of phenols is 1. The van der Waals surface area contributed by atoms with E-state index in [-0.39, 0.29) is 5.75 Å². The van der Waals surface area contributed by atoms with Gasteiger partial charge in [0.05, 0.1) is 13.3 Å². The van der Waals surface area contributed by atoms with Crippen LogP contribution in [0.3, 0.4) is 0 Å². The van der Waals surface area contributed by atoms with Gasteiger partial charge in [-0.1, -0.05) is 15.9 Å². The number of methoxy groups -OCH3 is 1. The van der Waals surface area contributed by atoms with Crippen molar-refractivity contribution in [2.45, 2.75) is 6.92 Å². The number of halogens is 1. The summed E-state index contributed by atoms with van der Waals surface area (Å²) in [5.74, 6) is -1.30. The molecule has 2 amide bonds. The summed E-state index contributed by atoms with van der Waals surface area (Å²) in [4.78, 5) is 24.2. The van der Waals surface area contributed by atoms with Crippen molar-refractivity contribution >= 4 is 39.6 Å². The van der Waals surface area contributed by atoms with Gasteiger partial charge in [0, 0.05) is 15.7 Å². The minimum absolute atomic E-state index is 0.0245. The van der Waals surface area contributed by atoms with Crippen molar-refractivity contribution in [3.8, 4) is 11.5 Å². The Morgan fingerprint density at radius 1 is 1.19 bits per heavy atom. The summed E-state index contributed by atoms with van der Waals surface area (Å²) in [5, 5.41) is 16.1. The molecule has 8 heteroatoms. The Bertz CT molecular complexity index is 822. The molecular formula is C18H18BrN3O4. The summed E-state index contributed by atoms with van der Waals surface area (Å²) in [6, 6.07) is 11.6. The lowest BCUT2D eigenvalue weighted by Crippen LogP contribution is -2.34. The van der Waals surface area contributed by atoms with Crippen molar-refractivity contribution in [1.82, 2.24) is 5.43 Å². The Kier molecular flexibility index (Phi) is 6.74. The number of ether oxygens (including phenoxy) is 1. The third-order valence-electron chi connectivity index (χ3n) is 3.51. The lowest BCUT2D eigenvalue weighted by molar-refractivity contribution is -0.131. The standard InChI is InChI=1S/C18H18BrN3O4/c1-11(17(24)21-14-4-6-15(26-2)7-5-14)18(25)22-20-10-12-9-13(19)3-8-16(12)23/h3-11,23H,1-2H3,(H,21,24)(H,22,25). The number of carbonyl (C=O) groups is 2. The fraction of sp³-hybridized carbons (Fsp3) is 0.167. The van der Waals surface area contributed by atoms with Gasteiger partial charge in [-0.2, -0.15) is 5.10 Å². The van der Waals surface area contributed by atoms with Crippen LogP contribution in [0.4, 0.5) is 5.69 Å². The van der Waals surface area contributed by atoms with E-state index >= 15 is 0 Å². The zero-order valence-electron chi connectivity index (χ0n) is 14.2. The summed E-state index contributed by atoms with van der Waals surface area (Å²) < 4.78 is 5.80. The van der Waals surface area contributed by atoms with Gasteiger partial charge >= 0.3 is 0 Å². The highest BCUT2D eigenvalue weighted by Gasteiger charge is 2.21. The molecule has 3 N–H and O–H groups in total. The summed E-state index contributed by atoms with van der Waals surface area (Å²) in [5.41, 5.74) is 3.27. The van der Waals surface area contributed by atoms with Crippen LogP contribution in [0.25, 0.3) is 0 Å². The number of amides is 2. The maximum atomic E-state index is 12.1. The van der Waals surface area contributed by atoms with Crippen LogP contribution in [0.1, 0.15) is 12.5 Å². The van der Waals surface area contributed by atoms with Gasteiger partial charge in [-0.3, -0.25) is 9.59 Å². The van der Waals surface area contributed by atoms with Gasteiger partial charge in [0.25, 0.3) is 5.91 Å². The molecule has 0 bridgehead atoms. The van der Waals surface area contributed by atoms with E-state index in [4.69, 9.17) is 4.74 Å². The van der Waals surface area contributed by atoms with Crippen molar-refractivity contribution in [1.29, 1.82) is 0 Å². The van der Waals surface area contributed by atoms with Gasteiger partial charge in [0.1, 0.15) is 17.4 Å². The molecule has 0 spiro atoms. The monoisotopic (exact) mass is 419 g/mol. The van der Waals surface area contributed by atoms with Crippen molar-refractivity contribution in [3.05, 3.63) is 52.5 Å². The number of anilines is 1. The fourth-order valence-corrected chi connectivity index (χ4v) is 2.31. The minimum atomic E-state index is -0.953. The van der Waals surface area contributed by atoms with Gasteiger partial charge in [0.15, 0.2) is 0 Å². The molecule has 0 saturated heterocycles. The molecular weight excluding hydrogens is 402 g/mol. The number of carbonyl (C=O) groups excluding carboxylic acids is 2. The minimum Gasteiger partial charge on any atom is -0.507 e. The van der Waals surface area contributed by atoms with Crippen molar-refractivity contribution in [3.63, 3.8) is 0 Å². The average Bonchev–Trinajstić information content (AvgIpc) is 2.64. The summed E-state index contributed by atoms with van der Waals surface area (Å²) >= 11 is 3.28. The fourth-order valence-electron chi connectivity index (χ4n) is 1.93. The Labute approximate surface area is 159 Å². The normalized spacial score (nSPS) is 11.8. The SMILES string of the molecule is COc1ccc(NC(=O)C(C)C(=O)NN=Cc2cc(Br)ccc2O)cc1. The Balaban J connectivity index is 1.92. The van der Waals surface area contributed by atoms with Crippen molar-refractivity contribution in [2.75, 3.05) is 12.4 Å². The van der Waals surface area contributed by atoms with Crippen molar-refractivity contribution < 1.29 is 19.4 Å². The predicted octanol–water partition coefficient (Wildman–Crippen LogP) is 2.89. The first-order valence-corrected chi connectivity index (χ1v) is 8.46. The van der Waals surface area contributed by atoms with Crippen LogP contribution >= 0.6 is 15.9 Å². The number of benzene rings is 2. The summed E-state index contributed by atoms with van der Waals surface area (Å²) in [6.45, 7) is 1.47. The molecule has 0 saturated carbocycles. The van der Waals surface area contributed by atoms with E-state index in [1.54, 1.807) is 43.5 Å². The highest BCUT2D eigenvalue weighted by Crippen LogP contribution is 2.20. The molecule has 1 unspecified atom stereocenters. The molecule has 0 aromatic heterocycles. The molecule has 0 radical (unpaired) electrons. The Morgan fingerprint density at radius 3 is 2.54 bits per heavy atom. The van der Waals surface area contributed by atoms with Crippen LogP contribution in [-0.2, 0) is 9.59 Å². The predicted molar refractivity (Wildman–Crippen MR) is 102 cm³/mol. The van der Waals surface area contributed by atoms with E-state index in [0.29, 0.717) is 17.0 Å². The number of nitrogens with zero attached hydrogens (tertiary/aromatic N) is 1. The number of phenolic OH excluding ortho intramolecular Hbond substituents is 1. The third-order valence-corrected chi connectivity index (χ3v) is 4.01. The summed E-state index contributed by atoms with van der Waals surface area (Å²) in [7, 11) is 1.55. The van der Waals surface area contributed by atoms with Crippen LogP contribution < -0.4 is 15.5 Å². The van der Waals surface area contributed by atoms with Crippen LogP contribution in [-0.4, -0.2) is 30.2 Å². The van der Waals surface area contributed by atoms with E-state index < -0.39 is 17.7 Å². The highest BCUT2D eigenvalue weighted by molar-refractivity contribution is 9.10. The maximum absolute atomic E-state index is 12.1. The largest absolute Gasteiger partial charge is 0.507 e. The van der Waals surface area contributed by atoms with E-state index in [1.807, 2.05) is 0 Å². The number of rotatable bonds is 6. The van der Waals surface area contributed by atoms with E-state index in [2.05, 4.69) is 31.8 Å². The van der Waals surface area contributed by atoms with Crippen LogP contribution in [0.5, 0.6) is 11.5 Å². The van der Waals surface area contributed by atoms with E-state index in [0.717, 1.165) is 4.47 Å². The van der Waals surface area contributed by atoms with Gasteiger partial charge in [-0.15, -0.1) is 0 Å². The van der Waals surface area contributed by atoms with Gasteiger partial charge in [-0.05, 0) is 49.4 Å². The van der Waals surface area contributed by atoms with Crippen molar-refractivity contribution in [2.24, 2.45) is 11.0 Å². The molecule has 1 atom stereocenters. The summed E-state index contributed by atoms with van der Waals surface area (Å²) in [6.07, 6.45) is 1.30. The van der Waals surface area contributed by atoms with Gasteiger partial charge in [0.2, 0.25) is 5.91 Å². The van der Waals surface area contributed by atoms with Gasteiger partial charge < -0.3 is 15.2 Å². The molecule has 2 aromatic carbocycles. The first-order valence-electron chi connectivity index (χ1n) is 7.67. The molecule has 0 aliphatic carbocycles. The third kappa shape index (κ3) is 5.32. The number of hydrazone groups is 1. The second-order valence-corrected chi connectivity index (χ2v) is 6.29. The van der Waals surface area contributed by atoms with Crippen LogP contribution in [0.2, 0.25) is 0 Å². The van der Waals surface area contributed by atoms with E-state index in [9.17, 15) is 14.7 Å². The lowest BCUT2D eigenvalue weighted by Gasteiger charge is -2.11. The molecule has 136 valence electrons. The molecule has 0 heterocycles. The molecule has 0 aliphatic heterocycles. The number of hydrogen-bond acceptors (Lipinski definition) is 5. The molecule has 2 rings (SSSR count). The zero-order valence-corrected chi connectivity index (χ0v) is 15.8. The number of hydrogen-bond donors (Lipinski definition) is 3. The zero-order chi connectivity index (χ0) is 19.1. The Morgan fingerprint density at radius 2 is 1.88 bits per heavy atom.